The van der Waals surface area contributed by atoms with Gasteiger partial charge in [0, 0.05) is 35.6 Å². The number of nitrogens with zero attached hydrogens (tertiary/aromatic N) is 7. The number of carbonyl (C=O) groups is 1. The summed E-state index contributed by atoms with van der Waals surface area (Å²) in [6.07, 6.45) is 2.29. The fourth-order valence-electron chi connectivity index (χ4n) is 3.87. The van der Waals surface area contributed by atoms with E-state index in [1.807, 2.05) is 6.07 Å². The molecule has 2 atom stereocenters. The molecule has 5 rings (SSSR count). The van der Waals surface area contributed by atoms with Gasteiger partial charge in [-0.2, -0.15) is 4.39 Å². The number of benzene rings is 1. The van der Waals surface area contributed by atoms with E-state index in [1.165, 1.54) is 30.2 Å². The molecule has 214 valence electrons. The first kappa shape index (κ1) is 28.6. The van der Waals surface area contributed by atoms with Gasteiger partial charge in [-0.25, -0.2) is 24.0 Å². The first-order valence-corrected chi connectivity index (χ1v) is 12.7. The van der Waals surface area contributed by atoms with Crippen LogP contribution in [0.5, 0.6) is 0 Å². The number of pyridine rings is 2. The van der Waals surface area contributed by atoms with Crippen LogP contribution < -0.4 is 10.6 Å². The Bertz CT molecular complexity index is 1720. The standard InChI is InChI=1S/C27H22ClF2N9O3/c1-14(20-9-18(29)12-32-23(20)30)42-27(41)36-25-22(37-38-39(25)2)21-7-6-19(13-31-21)35-26(40)16-10-33-24(34-11-16)15-4-3-5-17(28)8-15/h3-14,27,36,41H,1-2H3,(H,35,40)/t14-,27?/m1/s1. The van der Waals surface area contributed by atoms with Crippen LogP contribution >= 0.6 is 11.6 Å². The lowest BCUT2D eigenvalue weighted by Gasteiger charge is -2.20. The third-order valence-electron chi connectivity index (χ3n) is 5.95. The Morgan fingerprint density at radius 3 is 2.55 bits per heavy atom. The van der Waals surface area contributed by atoms with Crippen molar-refractivity contribution in [2.45, 2.75) is 19.4 Å². The fourth-order valence-corrected chi connectivity index (χ4v) is 4.06. The van der Waals surface area contributed by atoms with Crippen molar-refractivity contribution >= 4 is 29.0 Å². The molecule has 12 nitrogen and oxygen atoms in total. The van der Waals surface area contributed by atoms with Crippen LogP contribution in [-0.4, -0.2) is 52.4 Å². The second kappa shape index (κ2) is 12.3. The first-order valence-electron chi connectivity index (χ1n) is 12.3. The summed E-state index contributed by atoms with van der Waals surface area (Å²) in [5, 5.41) is 24.4. The van der Waals surface area contributed by atoms with Gasteiger partial charge in [-0.3, -0.25) is 9.78 Å². The Labute approximate surface area is 242 Å². The van der Waals surface area contributed by atoms with Gasteiger partial charge in [0.05, 0.1) is 35.4 Å². The number of rotatable bonds is 9. The molecule has 0 radical (unpaired) electrons. The topological polar surface area (TPSA) is 153 Å². The largest absolute Gasteiger partial charge is 0.351 e. The highest BCUT2D eigenvalue weighted by Gasteiger charge is 2.21. The third kappa shape index (κ3) is 6.52. The molecular formula is C27H22ClF2N9O3. The number of carbonyl (C=O) groups excluding carboxylic acids is 1. The zero-order valence-electron chi connectivity index (χ0n) is 22.0. The number of hydrogen-bond acceptors (Lipinski definition) is 10. The van der Waals surface area contributed by atoms with E-state index in [9.17, 15) is 18.7 Å². The molecule has 3 N–H and O–H groups in total. The van der Waals surface area contributed by atoms with E-state index in [0.717, 1.165) is 17.8 Å². The molecule has 0 saturated carbocycles. The zero-order valence-corrected chi connectivity index (χ0v) is 22.8. The van der Waals surface area contributed by atoms with Gasteiger partial charge in [-0.05, 0) is 37.3 Å². The van der Waals surface area contributed by atoms with E-state index in [0.29, 0.717) is 22.2 Å². The molecule has 0 aliphatic rings. The highest BCUT2D eigenvalue weighted by atomic mass is 35.5. The van der Waals surface area contributed by atoms with Crippen molar-refractivity contribution in [3.05, 3.63) is 95.2 Å². The van der Waals surface area contributed by atoms with E-state index in [2.05, 4.69) is 40.9 Å². The van der Waals surface area contributed by atoms with Gasteiger partial charge in [0.1, 0.15) is 5.82 Å². The number of aromatic nitrogens is 7. The van der Waals surface area contributed by atoms with Crippen molar-refractivity contribution in [3.63, 3.8) is 0 Å². The normalized spacial score (nSPS) is 12.5. The molecule has 0 spiro atoms. The van der Waals surface area contributed by atoms with Crippen LogP contribution in [0.25, 0.3) is 22.8 Å². The van der Waals surface area contributed by atoms with E-state index in [1.54, 1.807) is 37.4 Å². The Morgan fingerprint density at radius 1 is 1.05 bits per heavy atom. The van der Waals surface area contributed by atoms with E-state index in [-0.39, 0.29) is 22.6 Å². The minimum Gasteiger partial charge on any atom is -0.351 e. The summed E-state index contributed by atoms with van der Waals surface area (Å²) in [5.74, 6) is -1.45. The molecule has 0 aliphatic heterocycles. The van der Waals surface area contributed by atoms with Gasteiger partial charge in [-0.15, -0.1) is 5.10 Å². The smallest absolute Gasteiger partial charge is 0.258 e. The number of hydrogen-bond donors (Lipinski definition) is 3. The van der Waals surface area contributed by atoms with Crippen LogP contribution in [0.15, 0.2) is 67.3 Å². The maximum absolute atomic E-state index is 14.0. The summed E-state index contributed by atoms with van der Waals surface area (Å²) in [7, 11) is 1.57. The molecule has 0 saturated heterocycles. The highest BCUT2D eigenvalue weighted by molar-refractivity contribution is 6.30. The lowest BCUT2D eigenvalue weighted by molar-refractivity contribution is -0.115. The molecule has 0 fully saturated rings. The lowest BCUT2D eigenvalue weighted by Crippen LogP contribution is -2.26. The Balaban J connectivity index is 1.24. The molecule has 1 aromatic carbocycles. The number of nitrogens with one attached hydrogen (secondary N) is 2. The molecule has 1 amide bonds. The number of ether oxygens (including phenoxy) is 1. The van der Waals surface area contributed by atoms with Crippen LogP contribution in [0, 0.1) is 11.8 Å². The van der Waals surface area contributed by atoms with Crippen LogP contribution in [0.1, 0.15) is 28.9 Å². The van der Waals surface area contributed by atoms with Gasteiger partial charge in [0.15, 0.2) is 17.3 Å². The average molecular weight is 594 g/mol. The number of amides is 1. The monoisotopic (exact) mass is 593 g/mol. The van der Waals surface area contributed by atoms with Crippen LogP contribution in [0.2, 0.25) is 5.02 Å². The lowest BCUT2D eigenvalue weighted by atomic mass is 10.2. The predicted molar refractivity (Wildman–Crippen MR) is 148 cm³/mol. The molecule has 0 bridgehead atoms. The average Bonchev–Trinajstić information content (AvgIpc) is 3.34. The molecule has 1 unspecified atom stereocenters. The second-order valence-corrected chi connectivity index (χ2v) is 9.35. The summed E-state index contributed by atoms with van der Waals surface area (Å²) in [6, 6.07) is 11.2. The summed E-state index contributed by atoms with van der Waals surface area (Å²) in [5.41, 5.74) is 1.81. The minimum atomic E-state index is -1.65. The van der Waals surface area contributed by atoms with Crippen LogP contribution in [-0.2, 0) is 11.8 Å². The molecular weight excluding hydrogens is 572 g/mol. The molecule has 0 aliphatic carbocycles. The SMILES string of the molecule is C[C@@H](OC(O)Nc1c(-c2ccc(NC(=O)c3cnc(-c4cccc(Cl)c4)nc3)cn2)nnn1C)c1cc(F)cnc1F. The van der Waals surface area contributed by atoms with E-state index < -0.39 is 30.2 Å². The summed E-state index contributed by atoms with van der Waals surface area (Å²) in [6.45, 7) is 1.43. The third-order valence-corrected chi connectivity index (χ3v) is 6.19. The fraction of sp³-hybridized carbons (Fsp3) is 0.148. The molecule has 42 heavy (non-hydrogen) atoms. The van der Waals surface area contributed by atoms with Gasteiger partial charge in [0.25, 0.3) is 5.91 Å². The van der Waals surface area contributed by atoms with Crippen molar-refractivity contribution in [2.75, 3.05) is 10.6 Å². The van der Waals surface area contributed by atoms with Crippen LogP contribution in [0.4, 0.5) is 20.3 Å². The van der Waals surface area contributed by atoms with Gasteiger partial charge >= 0.3 is 0 Å². The second-order valence-electron chi connectivity index (χ2n) is 8.91. The van der Waals surface area contributed by atoms with E-state index >= 15 is 0 Å². The van der Waals surface area contributed by atoms with Crippen molar-refractivity contribution < 1.29 is 23.4 Å². The van der Waals surface area contributed by atoms with Gasteiger partial charge in [-0.1, -0.05) is 28.9 Å². The number of aliphatic hydroxyl groups excluding tert-OH is 1. The van der Waals surface area contributed by atoms with Crippen molar-refractivity contribution in [3.8, 4) is 22.8 Å². The Hall–Kier alpha value is -4.92. The predicted octanol–water partition coefficient (Wildman–Crippen LogP) is 4.38. The van der Waals surface area contributed by atoms with Gasteiger partial charge < -0.3 is 20.5 Å². The van der Waals surface area contributed by atoms with Crippen molar-refractivity contribution in [2.24, 2.45) is 7.05 Å². The van der Waals surface area contributed by atoms with E-state index in [4.69, 9.17) is 16.3 Å². The summed E-state index contributed by atoms with van der Waals surface area (Å²) < 4.78 is 34.2. The molecule has 5 aromatic rings. The molecule has 15 heteroatoms. The Morgan fingerprint density at radius 2 is 1.83 bits per heavy atom. The molecule has 4 heterocycles. The van der Waals surface area contributed by atoms with Gasteiger partial charge in [0.2, 0.25) is 12.4 Å². The molecule has 4 aromatic heterocycles. The summed E-state index contributed by atoms with van der Waals surface area (Å²) in [4.78, 5) is 28.9. The maximum atomic E-state index is 14.0. The summed E-state index contributed by atoms with van der Waals surface area (Å²) >= 11 is 6.02. The number of halogens is 3. The first-order chi connectivity index (χ1) is 20.2. The van der Waals surface area contributed by atoms with Crippen LogP contribution in [0.3, 0.4) is 0 Å². The zero-order chi connectivity index (χ0) is 29.8. The Kier molecular flexibility index (Phi) is 8.38. The quantitative estimate of drug-likeness (QED) is 0.166. The number of anilines is 2. The van der Waals surface area contributed by atoms with Crippen molar-refractivity contribution in [1.29, 1.82) is 0 Å². The minimum absolute atomic E-state index is 0.165. The van der Waals surface area contributed by atoms with Crippen molar-refractivity contribution in [1.82, 2.24) is 34.9 Å². The number of aryl methyl sites for hydroxylation is 1. The number of aliphatic hydroxyl groups is 1. The highest BCUT2D eigenvalue weighted by Crippen LogP contribution is 2.27. The maximum Gasteiger partial charge on any atom is 0.258 e.